The Bertz CT molecular complexity index is 214. The largest absolute Gasteiger partial charge is 0.313 e. The maximum Gasteiger partial charge on any atom is 0.165 e. The average Bonchev–Trinajstić information content (AvgIpc) is 2.05. The van der Waals surface area contributed by atoms with E-state index in [4.69, 9.17) is 5.26 Å². The van der Waals surface area contributed by atoms with Crippen LogP contribution in [0.25, 0.3) is 0 Å². The van der Waals surface area contributed by atoms with Crippen molar-refractivity contribution in [3.8, 4) is 6.07 Å². The van der Waals surface area contributed by atoms with Crippen LogP contribution in [0.4, 0.5) is 0 Å². The fourth-order valence-corrected chi connectivity index (χ4v) is 1.36. The number of likely N-dealkylation sites (N-methyl/N-ethyl adjacent to an activating group) is 1. The summed E-state index contributed by atoms with van der Waals surface area (Å²) in [5.74, 6) is 0.0206. The third-order valence-electron chi connectivity index (χ3n) is 2.14. The Morgan fingerprint density at radius 3 is 3.00 bits per heavy atom. The molecular weight excluding hydrogens is 177 g/mol. The van der Waals surface area contributed by atoms with Crippen molar-refractivity contribution in [2.45, 2.75) is 12.5 Å². The average molecular weight is 190 g/mol. The van der Waals surface area contributed by atoms with E-state index < -0.39 is 0 Å². The fraction of sp³-hybridized carbons (Fsp3) is 0.750. The van der Waals surface area contributed by atoms with Crippen molar-refractivity contribution in [1.82, 2.24) is 10.2 Å². The van der Waals surface area contributed by atoms with Crippen molar-refractivity contribution in [3.63, 3.8) is 0 Å². The van der Waals surface area contributed by atoms with Crippen LogP contribution >= 0.6 is 0 Å². The van der Waals surface area contributed by atoms with Crippen LogP contribution in [-0.4, -0.2) is 73.0 Å². The van der Waals surface area contributed by atoms with Gasteiger partial charge in [0.2, 0.25) is 0 Å². The standard InChI is InChI=1S/C8H13N3O.Na/c1-11-5-4-10-6-7(11)8(12)2-3-9;/h7,10H,2,4-6H2,1H3;. The summed E-state index contributed by atoms with van der Waals surface area (Å²) >= 11 is 0. The Kier molecular flexibility index (Phi) is 6.56. The molecule has 0 bridgehead atoms. The van der Waals surface area contributed by atoms with Gasteiger partial charge in [0.15, 0.2) is 5.78 Å². The third kappa shape index (κ3) is 3.75. The number of hydrogen-bond donors (Lipinski definition) is 1. The van der Waals surface area contributed by atoms with Gasteiger partial charge in [-0.25, -0.2) is 0 Å². The van der Waals surface area contributed by atoms with Gasteiger partial charge in [-0.3, -0.25) is 9.69 Å². The van der Waals surface area contributed by atoms with E-state index in [2.05, 4.69) is 5.32 Å². The summed E-state index contributed by atoms with van der Waals surface area (Å²) < 4.78 is 0. The minimum atomic E-state index is -0.0987. The third-order valence-corrected chi connectivity index (χ3v) is 2.14. The molecular formula is C8H13N3NaO. The number of nitrogens with zero attached hydrogens (tertiary/aromatic N) is 2. The Hall–Kier alpha value is 0.0800. The van der Waals surface area contributed by atoms with Gasteiger partial charge in [-0.15, -0.1) is 0 Å². The van der Waals surface area contributed by atoms with E-state index in [1.54, 1.807) is 0 Å². The smallest absolute Gasteiger partial charge is 0.165 e. The summed E-state index contributed by atoms with van der Waals surface area (Å²) in [5.41, 5.74) is 0. The topological polar surface area (TPSA) is 56.1 Å². The van der Waals surface area contributed by atoms with Crippen molar-refractivity contribution in [1.29, 1.82) is 5.26 Å². The van der Waals surface area contributed by atoms with E-state index in [0.717, 1.165) is 13.1 Å². The number of carbonyl (C=O) groups excluding carboxylic acids is 1. The molecule has 1 rings (SSSR count). The molecule has 1 aliphatic heterocycles. The van der Waals surface area contributed by atoms with Crippen LogP contribution in [0.3, 0.4) is 0 Å². The molecule has 0 spiro atoms. The molecule has 0 aromatic heterocycles. The molecule has 1 unspecified atom stereocenters. The molecule has 0 saturated carbocycles. The summed E-state index contributed by atoms with van der Waals surface area (Å²) in [4.78, 5) is 13.3. The number of carbonyl (C=O) groups is 1. The van der Waals surface area contributed by atoms with Gasteiger partial charge >= 0.3 is 0 Å². The molecule has 5 heteroatoms. The summed E-state index contributed by atoms with van der Waals surface area (Å²) in [7, 11) is 1.92. The van der Waals surface area contributed by atoms with Gasteiger partial charge in [-0.05, 0) is 7.05 Å². The summed E-state index contributed by atoms with van der Waals surface area (Å²) in [5, 5.41) is 11.5. The van der Waals surface area contributed by atoms with Crippen molar-refractivity contribution in [2.24, 2.45) is 0 Å². The molecule has 0 amide bonds. The molecule has 1 atom stereocenters. The second-order valence-corrected chi connectivity index (χ2v) is 3.00. The number of ketones is 1. The quantitative estimate of drug-likeness (QED) is 0.567. The molecule has 0 aromatic carbocycles. The van der Waals surface area contributed by atoms with Gasteiger partial charge in [0, 0.05) is 49.2 Å². The Morgan fingerprint density at radius 2 is 2.46 bits per heavy atom. The van der Waals surface area contributed by atoms with Gasteiger partial charge < -0.3 is 5.32 Å². The number of rotatable bonds is 2. The summed E-state index contributed by atoms with van der Waals surface area (Å²) in [6.45, 7) is 2.48. The molecule has 1 heterocycles. The van der Waals surface area contributed by atoms with Gasteiger partial charge in [0.25, 0.3) is 0 Å². The van der Waals surface area contributed by atoms with Crippen LogP contribution in [-0.2, 0) is 4.79 Å². The molecule has 0 aromatic rings. The summed E-state index contributed by atoms with van der Waals surface area (Å²) in [6.07, 6.45) is 0.0245. The number of nitrogens with one attached hydrogen (secondary N) is 1. The van der Waals surface area contributed by atoms with E-state index in [9.17, 15) is 4.79 Å². The summed E-state index contributed by atoms with van der Waals surface area (Å²) in [6, 6.07) is 1.78. The van der Waals surface area contributed by atoms with E-state index in [0.29, 0.717) is 6.54 Å². The van der Waals surface area contributed by atoms with Crippen LogP contribution in [0.1, 0.15) is 6.42 Å². The van der Waals surface area contributed by atoms with Crippen molar-refractivity contribution in [2.75, 3.05) is 26.7 Å². The maximum absolute atomic E-state index is 11.3. The zero-order valence-corrected chi connectivity index (χ0v) is 10.2. The SMILES string of the molecule is CN1CCNCC1C(=O)CC#N.[Na]. The van der Waals surface area contributed by atoms with Crippen LogP contribution in [0.5, 0.6) is 0 Å². The molecule has 1 aliphatic rings. The number of hydrogen-bond acceptors (Lipinski definition) is 4. The van der Waals surface area contributed by atoms with Gasteiger partial charge in [0.1, 0.15) is 0 Å². The van der Waals surface area contributed by atoms with E-state index in [1.807, 2.05) is 18.0 Å². The Morgan fingerprint density at radius 1 is 1.77 bits per heavy atom. The minimum Gasteiger partial charge on any atom is -0.313 e. The molecule has 67 valence electrons. The first kappa shape index (κ1) is 13.1. The molecule has 0 aliphatic carbocycles. The second-order valence-electron chi connectivity index (χ2n) is 3.00. The number of Topliss-reactive ketones (excluding diaryl/α,β-unsaturated/α-hetero) is 1. The minimum absolute atomic E-state index is 0. The second kappa shape index (κ2) is 6.52. The molecule has 4 nitrogen and oxygen atoms in total. The van der Waals surface area contributed by atoms with Crippen LogP contribution in [0.15, 0.2) is 0 Å². The van der Waals surface area contributed by atoms with Gasteiger partial charge in [0.05, 0.1) is 18.5 Å². The predicted molar refractivity (Wildman–Crippen MR) is 50.3 cm³/mol. The monoisotopic (exact) mass is 190 g/mol. The van der Waals surface area contributed by atoms with Crippen LogP contribution < -0.4 is 5.32 Å². The van der Waals surface area contributed by atoms with E-state index in [-0.39, 0.29) is 47.8 Å². The number of piperazine rings is 1. The van der Waals surface area contributed by atoms with E-state index >= 15 is 0 Å². The first-order valence-corrected chi connectivity index (χ1v) is 4.06. The zero-order chi connectivity index (χ0) is 8.97. The Labute approximate surface area is 101 Å². The number of nitriles is 1. The normalized spacial score (nSPS) is 22.9. The molecule has 13 heavy (non-hydrogen) atoms. The molecule has 1 N–H and O–H groups in total. The maximum atomic E-state index is 11.3. The fourth-order valence-electron chi connectivity index (χ4n) is 1.36. The molecule has 1 saturated heterocycles. The molecule has 1 radical (unpaired) electrons. The molecule has 1 fully saturated rings. The zero-order valence-electron chi connectivity index (χ0n) is 8.21. The van der Waals surface area contributed by atoms with Gasteiger partial charge in [-0.2, -0.15) is 5.26 Å². The van der Waals surface area contributed by atoms with Crippen molar-refractivity contribution >= 4 is 35.3 Å². The van der Waals surface area contributed by atoms with Crippen molar-refractivity contribution in [3.05, 3.63) is 0 Å². The van der Waals surface area contributed by atoms with Crippen LogP contribution in [0.2, 0.25) is 0 Å². The Balaban J connectivity index is 0.00000144. The van der Waals surface area contributed by atoms with Crippen molar-refractivity contribution < 1.29 is 4.79 Å². The van der Waals surface area contributed by atoms with Gasteiger partial charge in [-0.1, -0.05) is 0 Å². The first-order chi connectivity index (χ1) is 5.75. The first-order valence-electron chi connectivity index (χ1n) is 4.06. The predicted octanol–water partition coefficient (Wildman–Crippen LogP) is -1.01. The van der Waals surface area contributed by atoms with Crippen LogP contribution in [0, 0.1) is 11.3 Å². The van der Waals surface area contributed by atoms with E-state index in [1.165, 1.54) is 0 Å².